The second-order valence-electron chi connectivity index (χ2n) is 4.85. The van der Waals surface area contributed by atoms with Gasteiger partial charge in [-0.05, 0) is 43.7 Å². The van der Waals surface area contributed by atoms with Crippen molar-refractivity contribution in [2.24, 2.45) is 0 Å². The number of benzene rings is 1. The molecule has 0 saturated carbocycles. The molecule has 21 heavy (non-hydrogen) atoms. The second-order valence-corrected chi connectivity index (χ2v) is 7.10. The molecule has 0 spiro atoms. The molecule has 0 radical (unpaired) electrons. The predicted octanol–water partition coefficient (Wildman–Crippen LogP) is 3.76. The maximum atomic E-state index is 6.09. The average molecular weight is 316 g/mol. The summed E-state index contributed by atoms with van der Waals surface area (Å²) in [5.74, 6) is 2.04. The van der Waals surface area contributed by atoms with Crippen LogP contribution in [0.5, 0.6) is 0 Å². The summed E-state index contributed by atoms with van der Waals surface area (Å²) in [4.78, 5) is 12.4. The van der Waals surface area contributed by atoms with Gasteiger partial charge < -0.3 is 11.5 Å². The van der Waals surface area contributed by atoms with Gasteiger partial charge in [0.25, 0.3) is 0 Å². The SMILES string of the molecule is Cc1sc2nc(CSc3ccc(N)cc3)nc(N)c2c1C. The van der Waals surface area contributed by atoms with Gasteiger partial charge >= 0.3 is 0 Å². The van der Waals surface area contributed by atoms with Crippen LogP contribution in [0.25, 0.3) is 10.2 Å². The van der Waals surface area contributed by atoms with Crippen molar-refractivity contribution in [3.05, 3.63) is 40.5 Å². The van der Waals surface area contributed by atoms with Crippen molar-refractivity contribution in [1.82, 2.24) is 9.97 Å². The number of aryl methyl sites for hydroxylation is 2. The molecule has 0 aliphatic rings. The molecule has 4 nitrogen and oxygen atoms in total. The predicted molar refractivity (Wildman–Crippen MR) is 91.7 cm³/mol. The van der Waals surface area contributed by atoms with E-state index < -0.39 is 0 Å². The normalized spacial score (nSPS) is 11.1. The molecule has 0 bridgehead atoms. The molecule has 108 valence electrons. The molecule has 0 atom stereocenters. The third kappa shape index (κ3) is 2.82. The molecule has 3 aromatic rings. The number of thioether (sulfide) groups is 1. The lowest BCUT2D eigenvalue weighted by molar-refractivity contribution is 1.08. The van der Waals surface area contributed by atoms with E-state index in [1.54, 1.807) is 23.1 Å². The summed E-state index contributed by atoms with van der Waals surface area (Å²) < 4.78 is 0. The Bertz CT molecular complexity index is 794. The van der Waals surface area contributed by atoms with E-state index in [2.05, 4.69) is 23.8 Å². The minimum atomic E-state index is 0.578. The van der Waals surface area contributed by atoms with Crippen LogP contribution in [0.4, 0.5) is 11.5 Å². The van der Waals surface area contributed by atoms with Crippen LogP contribution in [0.3, 0.4) is 0 Å². The Morgan fingerprint density at radius 1 is 1.10 bits per heavy atom. The Hall–Kier alpha value is -1.79. The van der Waals surface area contributed by atoms with Crippen molar-refractivity contribution in [2.75, 3.05) is 11.5 Å². The third-order valence-electron chi connectivity index (χ3n) is 3.35. The monoisotopic (exact) mass is 316 g/mol. The summed E-state index contributed by atoms with van der Waals surface area (Å²) in [5.41, 5.74) is 13.7. The molecule has 0 aliphatic heterocycles. The number of hydrogen-bond donors (Lipinski definition) is 2. The molecule has 0 amide bonds. The highest BCUT2D eigenvalue weighted by molar-refractivity contribution is 7.98. The fourth-order valence-corrected chi connectivity index (χ4v) is 3.91. The van der Waals surface area contributed by atoms with E-state index >= 15 is 0 Å². The van der Waals surface area contributed by atoms with Crippen LogP contribution in [0.2, 0.25) is 0 Å². The highest BCUT2D eigenvalue weighted by atomic mass is 32.2. The van der Waals surface area contributed by atoms with Crippen molar-refractivity contribution in [1.29, 1.82) is 0 Å². The zero-order valence-electron chi connectivity index (χ0n) is 11.9. The first-order chi connectivity index (χ1) is 10.0. The van der Waals surface area contributed by atoms with Gasteiger partial charge in [-0.3, -0.25) is 0 Å². The Balaban J connectivity index is 1.86. The van der Waals surface area contributed by atoms with Crippen LogP contribution < -0.4 is 11.5 Å². The smallest absolute Gasteiger partial charge is 0.142 e. The number of nitrogen functional groups attached to an aromatic ring is 2. The minimum absolute atomic E-state index is 0.578. The summed E-state index contributed by atoms with van der Waals surface area (Å²) in [7, 11) is 0. The number of hydrogen-bond acceptors (Lipinski definition) is 6. The highest BCUT2D eigenvalue weighted by Gasteiger charge is 2.12. The molecule has 4 N–H and O–H groups in total. The number of nitrogens with zero attached hydrogens (tertiary/aromatic N) is 2. The van der Waals surface area contributed by atoms with E-state index in [1.807, 2.05) is 24.3 Å². The molecule has 6 heteroatoms. The van der Waals surface area contributed by atoms with Gasteiger partial charge in [0, 0.05) is 15.5 Å². The number of aromatic nitrogens is 2. The molecule has 0 aliphatic carbocycles. The topological polar surface area (TPSA) is 77.8 Å². The standard InChI is InChI=1S/C15H16N4S2/c1-8-9(2)21-15-13(8)14(17)18-12(19-15)7-20-11-5-3-10(16)4-6-11/h3-6H,7,16H2,1-2H3,(H2,17,18,19). The summed E-state index contributed by atoms with van der Waals surface area (Å²) in [6, 6.07) is 7.79. The fourth-order valence-electron chi connectivity index (χ4n) is 2.10. The molecule has 1 aromatic carbocycles. The van der Waals surface area contributed by atoms with Gasteiger partial charge in [-0.25, -0.2) is 9.97 Å². The molecule has 2 heterocycles. The molecule has 0 unspecified atom stereocenters. The van der Waals surface area contributed by atoms with E-state index in [1.165, 1.54) is 10.4 Å². The van der Waals surface area contributed by atoms with Gasteiger partial charge in [0.1, 0.15) is 16.5 Å². The highest BCUT2D eigenvalue weighted by Crippen LogP contribution is 2.32. The first kappa shape index (κ1) is 14.2. The maximum Gasteiger partial charge on any atom is 0.142 e. The lowest BCUT2D eigenvalue weighted by Crippen LogP contribution is -1.99. The van der Waals surface area contributed by atoms with Crippen LogP contribution in [0.1, 0.15) is 16.3 Å². The molecule has 0 saturated heterocycles. The molecule has 2 aromatic heterocycles. The fraction of sp³-hybridized carbons (Fsp3) is 0.200. The summed E-state index contributed by atoms with van der Waals surface area (Å²) in [6.45, 7) is 4.15. The van der Waals surface area contributed by atoms with Crippen molar-refractivity contribution in [3.63, 3.8) is 0 Å². The molecular weight excluding hydrogens is 300 g/mol. The lowest BCUT2D eigenvalue weighted by atomic mass is 10.2. The quantitative estimate of drug-likeness (QED) is 0.568. The van der Waals surface area contributed by atoms with Crippen molar-refractivity contribution >= 4 is 44.8 Å². The minimum Gasteiger partial charge on any atom is -0.399 e. The second kappa shape index (κ2) is 5.54. The van der Waals surface area contributed by atoms with E-state index in [4.69, 9.17) is 11.5 Å². The summed E-state index contributed by atoms with van der Waals surface area (Å²) in [6.07, 6.45) is 0. The zero-order chi connectivity index (χ0) is 15.0. The van der Waals surface area contributed by atoms with Gasteiger partial charge in [-0.15, -0.1) is 23.1 Å². The van der Waals surface area contributed by atoms with Gasteiger partial charge in [0.2, 0.25) is 0 Å². The van der Waals surface area contributed by atoms with Gasteiger partial charge in [-0.2, -0.15) is 0 Å². The zero-order valence-corrected chi connectivity index (χ0v) is 13.5. The third-order valence-corrected chi connectivity index (χ3v) is 5.46. The Morgan fingerprint density at radius 2 is 1.81 bits per heavy atom. The van der Waals surface area contributed by atoms with E-state index in [-0.39, 0.29) is 0 Å². The van der Waals surface area contributed by atoms with Crippen molar-refractivity contribution < 1.29 is 0 Å². The largest absolute Gasteiger partial charge is 0.399 e. The van der Waals surface area contributed by atoms with Crippen molar-refractivity contribution in [3.8, 4) is 0 Å². The van der Waals surface area contributed by atoms with E-state index in [0.29, 0.717) is 11.6 Å². The summed E-state index contributed by atoms with van der Waals surface area (Å²) in [5, 5.41) is 0.999. The summed E-state index contributed by atoms with van der Waals surface area (Å²) >= 11 is 3.35. The number of thiophene rings is 1. The lowest BCUT2D eigenvalue weighted by Gasteiger charge is -2.04. The number of fused-ring (bicyclic) bond motifs is 1. The number of rotatable bonds is 3. The van der Waals surface area contributed by atoms with Crippen LogP contribution in [0, 0.1) is 13.8 Å². The Labute approximate surface area is 131 Å². The molecule has 0 fully saturated rings. The average Bonchev–Trinajstić information content (AvgIpc) is 2.74. The van der Waals surface area contributed by atoms with Gasteiger partial charge in [0.05, 0.1) is 11.1 Å². The molecular formula is C15H16N4S2. The molecule has 3 rings (SSSR count). The maximum absolute atomic E-state index is 6.09. The first-order valence-corrected chi connectivity index (χ1v) is 8.35. The van der Waals surface area contributed by atoms with Crippen LogP contribution in [-0.4, -0.2) is 9.97 Å². The van der Waals surface area contributed by atoms with Crippen LogP contribution in [-0.2, 0) is 5.75 Å². The van der Waals surface area contributed by atoms with E-state index in [9.17, 15) is 0 Å². The first-order valence-electron chi connectivity index (χ1n) is 6.55. The Kier molecular flexibility index (Phi) is 3.73. The van der Waals surface area contributed by atoms with Gasteiger partial charge in [0.15, 0.2) is 0 Å². The van der Waals surface area contributed by atoms with Crippen LogP contribution in [0.15, 0.2) is 29.2 Å². The van der Waals surface area contributed by atoms with Crippen LogP contribution >= 0.6 is 23.1 Å². The Morgan fingerprint density at radius 3 is 2.52 bits per heavy atom. The van der Waals surface area contributed by atoms with Gasteiger partial charge in [-0.1, -0.05) is 0 Å². The number of anilines is 2. The van der Waals surface area contributed by atoms with Crippen molar-refractivity contribution in [2.45, 2.75) is 24.5 Å². The van der Waals surface area contributed by atoms with E-state index in [0.717, 1.165) is 26.6 Å². The number of nitrogens with two attached hydrogens (primary N) is 2.